The Kier molecular flexibility index (Phi) is 4.01. The Labute approximate surface area is 162 Å². The number of fused-ring (bicyclic) bond motifs is 2. The summed E-state index contributed by atoms with van der Waals surface area (Å²) in [4.78, 5) is 21.4. The van der Waals surface area contributed by atoms with Crippen LogP contribution < -0.4 is 4.90 Å². The summed E-state index contributed by atoms with van der Waals surface area (Å²) in [5.41, 5.74) is 4.47. The van der Waals surface area contributed by atoms with Gasteiger partial charge in [0.2, 0.25) is 0 Å². The predicted octanol–water partition coefficient (Wildman–Crippen LogP) is 4.68. The van der Waals surface area contributed by atoms with Gasteiger partial charge in [0, 0.05) is 30.2 Å². The molecule has 2 aromatic heterocycles. The van der Waals surface area contributed by atoms with Gasteiger partial charge in [-0.1, -0.05) is 12.1 Å². The first-order chi connectivity index (χ1) is 13.7. The lowest BCUT2D eigenvalue weighted by molar-refractivity contribution is -0.142. The number of benzene rings is 2. The van der Waals surface area contributed by atoms with Crippen LogP contribution in [0.2, 0.25) is 0 Å². The van der Waals surface area contributed by atoms with Gasteiger partial charge in [-0.15, -0.1) is 0 Å². The number of aromatic nitrogens is 2. The number of anilines is 1. The monoisotopic (exact) mass is 371 g/mol. The van der Waals surface area contributed by atoms with Gasteiger partial charge in [0.1, 0.15) is 5.82 Å². The van der Waals surface area contributed by atoms with Gasteiger partial charge in [0.25, 0.3) is 0 Å². The number of hydrogen-bond acceptors (Lipinski definition) is 3. The van der Waals surface area contributed by atoms with Crippen LogP contribution >= 0.6 is 0 Å². The first-order valence-electron chi connectivity index (χ1n) is 9.63. The molecule has 1 aliphatic rings. The Bertz CT molecular complexity index is 1170. The van der Waals surface area contributed by atoms with Crippen molar-refractivity contribution in [3.8, 4) is 11.1 Å². The summed E-state index contributed by atoms with van der Waals surface area (Å²) in [6.45, 7) is 1.48. The molecule has 0 unspecified atom stereocenters. The first kappa shape index (κ1) is 16.8. The molecule has 28 heavy (non-hydrogen) atoms. The Hall–Kier alpha value is -3.34. The van der Waals surface area contributed by atoms with Crippen LogP contribution in [0.5, 0.6) is 0 Å². The number of rotatable bonds is 3. The van der Waals surface area contributed by atoms with E-state index in [9.17, 15) is 4.79 Å². The average Bonchev–Trinajstić information content (AvgIpc) is 3.21. The highest BCUT2D eigenvalue weighted by atomic mass is 16.4. The summed E-state index contributed by atoms with van der Waals surface area (Å²) in [7, 11) is 0. The van der Waals surface area contributed by atoms with Crippen LogP contribution in [0.3, 0.4) is 0 Å². The molecule has 1 aliphatic heterocycles. The molecule has 0 bridgehead atoms. The second kappa shape index (κ2) is 6.68. The summed E-state index contributed by atoms with van der Waals surface area (Å²) < 4.78 is 0. The van der Waals surface area contributed by atoms with Crippen LogP contribution in [0.15, 0.2) is 60.8 Å². The van der Waals surface area contributed by atoms with Crippen molar-refractivity contribution < 1.29 is 9.90 Å². The van der Waals surface area contributed by atoms with Crippen molar-refractivity contribution in [2.24, 2.45) is 5.92 Å². The highest BCUT2D eigenvalue weighted by Crippen LogP contribution is 2.29. The quantitative estimate of drug-likeness (QED) is 0.548. The Morgan fingerprint density at radius 3 is 2.50 bits per heavy atom. The molecular weight excluding hydrogens is 350 g/mol. The van der Waals surface area contributed by atoms with Gasteiger partial charge in [0.05, 0.1) is 11.4 Å². The lowest BCUT2D eigenvalue weighted by Crippen LogP contribution is -2.36. The predicted molar refractivity (Wildman–Crippen MR) is 112 cm³/mol. The van der Waals surface area contributed by atoms with Crippen LogP contribution in [-0.4, -0.2) is 34.1 Å². The molecule has 3 heterocycles. The molecule has 0 amide bonds. The number of nitrogens with one attached hydrogen (secondary N) is 1. The number of H-pyrrole nitrogens is 1. The molecule has 140 valence electrons. The lowest BCUT2D eigenvalue weighted by Gasteiger charge is -2.31. The molecule has 5 rings (SSSR count). The van der Waals surface area contributed by atoms with E-state index >= 15 is 0 Å². The third-order valence-corrected chi connectivity index (χ3v) is 5.73. The van der Waals surface area contributed by atoms with Crippen LogP contribution in [0.25, 0.3) is 32.9 Å². The van der Waals surface area contributed by atoms with E-state index in [1.165, 1.54) is 16.5 Å². The summed E-state index contributed by atoms with van der Waals surface area (Å²) in [6, 6.07) is 19.0. The molecule has 2 N–H and O–H groups in total. The zero-order valence-electron chi connectivity index (χ0n) is 15.4. The number of carboxylic acid groups (broad SMARTS) is 1. The molecule has 0 radical (unpaired) electrons. The van der Waals surface area contributed by atoms with Crippen LogP contribution in [0.4, 0.5) is 5.82 Å². The van der Waals surface area contributed by atoms with E-state index in [1.54, 1.807) is 0 Å². The largest absolute Gasteiger partial charge is 0.481 e. The SMILES string of the molecule is O=C(O)C1CCN(c2ccc3cc(-c4ccc5[nH]ccc5c4)ccc3n2)CC1. The smallest absolute Gasteiger partial charge is 0.306 e. The number of carbonyl (C=O) groups is 1. The molecule has 5 nitrogen and oxygen atoms in total. The van der Waals surface area contributed by atoms with Gasteiger partial charge in [-0.25, -0.2) is 4.98 Å². The van der Waals surface area contributed by atoms with Crippen molar-refractivity contribution in [2.75, 3.05) is 18.0 Å². The maximum absolute atomic E-state index is 11.1. The molecule has 0 spiro atoms. The van der Waals surface area contributed by atoms with E-state index in [4.69, 9.17) is 10.1 Å². The Morgan fingerprint density at radius 2 is 1.71 bits per heavy atom. The van der Waals surface area contributed by atoms with Gasteiger partial charge in [-0.05, 0) is 71.8 Å². The van der Waals surface area contributed by atoms with Crippen LogP contribution in [0, 0.1) is 5.92 Å². The summed E-state index contributed by atoms with van der Waals surface area (Å²) >= 11 is 0. The number of nitrogens with zero attached hydrogens (tertiary/aromatic N) is 2. The normalized spacial score (nSPS) is 15.4. The van der Waals surface area contributed by atoms with Crippen LogP contribution in [0.1, 0.15) is 12.8 Å². The van der Waals surface area contributed by atoms with Crippen molar-refractivity contribution in [1.82, 2.24) is 9.97 Å². The molecule has 4 aromatic rings. The second-order valence-electron chi connectivity index (χ2n) is 7.46. The Morgan fingerprint density at radius 1 is 0.964 bits per heavy atom. The van der Waals surface area contributed by atoms with E-state index < -0.39 is 5.97 Å². The summed E-state index contributed by atoms with van der Waals surface area (Å²) in [5.74, 6) is 0.0194. The lowest BCUT2D eigenvalue weighted by atomic mass is 9.97. The first-order valence-corrected chi connectivity index (χ1v) is 9.63. The number of carboxylic acids is 1. The minimum Gasteiger partial charge on any atom is -0.481 e. The van der Waals surface area contributed by atoms with Crippen molar-refractivity contribution in [1.29, 1.82) is 0 Å². The van der Waals surface area contributed by atoms with E-state index in [0.717, 1.165) is 35.3 Å². The Balaban J connectivity index is 1.42. The fourth-order valence-electron chi connectivity index (χ4n) is 4.06. The number of hydrogen-bond donors (Lipinski definition) is 2. The molecule has 1 fully saturated rings. The molecule has 0 atom stereocenters. The fraction of sp³-hybridized carbons (Fsp3) is 0.217. The average molecular weight is 371 g/mol. The number of aliphatic carboxylic acids is 1. The zero-order valence-corrected chi connectivity index (χ0v) is 15.4. The fourth-order valence-corrected chi connectivity index (χ4v) is 4.06. The number of piperidine rings is 1. The van der Waals surface area contributed by atoms with E-state index in [2.05, 4.69) is 58.4 Å². The zero-order chi connectivity index (χ0) is 19.1. The van der Waals surface area contributed by atoms with Gasteiger partial charge >= 0.3 is 5.97 Å². The van der Waals surface area contributed by atoms with Crippen molar-refractivity contribution in [2.45, 2.75) is 12.8 Å². The van der Waals surface area contributed by atoms with E-state index in [0.29, 0.717) is 12.8 Å². The molecule has 5 heteroatoms. The summed E-state index contributed by atoms with van der Waals surface area (Å²) in [5, 5.41) is 11.5. The third-order valence-electron chi connectivity index (χ3n) is 5.73. The van der Waals surface area contributed by atoms with Crippen LogP contribution in [-0.2, 0) is 4.79 Å². The minimum atomic E-state index is -0.684. The molecule has 1 saturated heterocycles. The van der Waals surface area contributed by atoms with Crippen molar-refractivity contribution >= 4 is 33.6 Å². The number of pyridine rings is 1. The molecule has 0 aliphatic carbocycles. The van der Waals surface area contributed by atoms with E-state index in [-0.39, 0.29) is 5.92 Å². The topological polar surface area (TPSA) is 69.2 Å². The van der Waals surface area contributed by atoms with E-state index in [1.807, 2.05) is 12.3 Å². The molecule has 0 saturated carbocycles. The highest BCUT2D eigenvalue weighted by molar-refractivity contribution is 5.89. The van der Waals surface area contributed by atoms with Crippen molar-refractivity contribution in [3.05, 3.63) is 60.8 Å². The maximum Gasteiger partial charge on any atom is 0.306 e. The number of aromatic amines is 1. The van der Waals surface area contributed by atoms with Gasteiger partial charge in [-0.2, -0.15) is 0 Å². The summed E-state index contributed by atoms with van der Waals surface area (Å²) in [6.07, 6.45) is 3.31. The molecular formula is C23H21N3O2. The second-order valence-corrected chi connectivity index (χ2v) is 7.46. The standard InChI is InChI=1S/C23H21N3O2/c27-23(28)15-8-11-26(12-9-15)22-6-3-18-13-17(2-5-21(18)25-22)16-1-4-20-19(14-16)7-10-24-20/h1-7,10,13-15,24H,8-9,11-12H2,(H,27,28). The molecule has 2 aromatic carbocycles. The van der Waals surface area contributed by atoms with Gasteiger partial charge < -0.3 is 15.0 Å². The third kappa shape index (κ3) is 2.99. The van der Waals surface area contributed by atoms with Gasteiger partial charge in [-0.3, -0.25) is 4.79 Å². The highest BCUT2D eigenvalue weighted by Gasteiger charge is 2.25. The maximum atomic E-state index is 11.1. The van der Waals surface area contributed by atoms with Crippen molar-refractivity contribution in [3.63, 3.8) is 0 Å². The minimum absolute atomic E-state index is 0.225. The van der Waals surface area contributed by atoms with Gasteiger partial charge in [0.15, 0.2) is 0 Å².